The second kappa shape index (κ2) is 12.6. The van der Waals surface area contributed by atoms with Crippen molar-refractivity contribution in [2.45, 2.75) is 41.4 Å². The van der Waals surface area contributed by atoms with Crippen molar-refractivity contribution in [2.24, 2.45) is 0 Å². The third kappa shape index (κ3) is 6.37. The molecule has 238 valence electrons. The average molecular weight is 639 g/mol. The molecule has 1 aliphatic carbocycles. The Balaban J connectivity index is 1.16. The van der Waals surface area contributed by atoms with Crippen molar-refractivity contribution in [1.82, 2.24) is 9.80 Å². The molecule has 1 heterocycles. The van der Waals surface area contributed by atoms with E-state index in [1.54, 1.807) is 68.7 Å². The summed E-state index contributed by atoms with van der Waals surface area (Å²) in [4.78, 5) is 29.5. The molecular weight excluding hydrogens is 600 g/mol. The Kier molecular flexibility index (Phi) is 8.61. The first kappa shape index (κ1) is 31.4. The number of nitrogens with zero attached hydrogens (tertiary/aromatic N) is 2. The van der Waals surface area contributed by atoms with Crippen LogP contribution in [0, 0.1) is 0 Å². The van der Waals surface area contributed by atoms with Crippen molar-refractivity contribution in [3.05, 3.63) is 114 Å². The van der Waals surface area contributed by atoms with Crippen LogP contribution in [0.25, 0.3) is 11.1 Å². The summed E-state index contributed by atoms with van der Waals surface area (Å²) in [7, 11) is 0.983. The van der Waals surface area contributed by atoms with Crippen molar-refractivity contribution < 1.29 is 27.5 Å². The molecule has 4 aromatic carbocycles. The highest BCUT2D eigenvalue weighted by molar-refractivity contribution is 7.90. The van der Waals surface area contributed by atoms with Crippen LogP contribution in [0.4, 0.5) is 0 Å². The standard InChI is InChI=1S/C37H38N2O6S/c1-38(2)35(40)29-11-8-10-27(22-29)28-15-16-33(44-3)34(23-28)46(42,43)25-26-9-7-14-31(21-26)45-32-17-20-39(24-32)36(41)37(18-19-37)30-12-5-4-6-13-30/h4-16,21-23,32H,17-20,24-25H2,1-3H3/t32-/m0/s1. The van der Waals surface area contributed by atoms with Gasteiger partial charge in [0.1, 0.15) is 22.5 Å². The topological polar surface area (TPSA) is 93.2 Å². The van der Waals surface area contributed by atoms with Gasteiger partial charge in [0.2, 0.25) is 5.91 Å². The number of amides is 2. The molecule has 1 saturated carbocycles. The highest BCUT2D eigenvalue weighted by atomic mass is 32.2. The Morgan fingerprint density at radius 2 is 1.63 bits per heavy atom. The fourth-order valence-corrected chi connectivity index (χ4v) is 7.75. The van der Waals surface area contributed by atoms with E-state index in [1.165, 1.54) is 12.0 Å². The molecule has 4 aromatic rings. The molecule has 1 aliphatic heterocycles. The van der Waals surface area contributed by atoms with E-state index in [1.807, 2.05) is 47.4 Å². The van der Waals surface area contributed by atoms with Gasteiger partial charge in [-0.3, -0.25) is 9.59 Å². The Bertz CT molecular complexity index is 1870. The summed E-state index contributed by atoms with van der Waals surface area (Å²) < 4.78 is 39.3. The number of methoxy groups -OCH3 is 1. The monoisotopic (exact) mass is 638 g/mol. The maximum atomic E-state index is 13.8. The molecule has 9 heteroatoms. The molecule has 0 N–H and O–H groups in total. The van der Waals surface area contributed by atoms with Crippen LogP contribution < -0.4 is 9.47 Å². The minimum Gasteiger partial charge on any atom is -0.495 e. The first-order valence-electron chi connectivity index (χ1n) is 15.4. The van der Waals surface area contributed by atoms with Crippen LogP contribution in [0.5, 0.6) is 11.5 Å². The maximum Gasteiger partial charge on any atom is 0.253 e. The van der Waals surface area contributed by atoms with Crippen LogP contribution in [-0.4, -0.2) is 70.4 Å². The molecule has 0 aromatic heterocycles. The predicted octanol–water partition coefficient (Wildman–Crippen LogP) is 5.75. The van der Waals surface area contributed by atoms with Crippen LogP contribution in [0.1, 0.15) is 40.7 Å². The van der Waals surface area contributed by atoms with Gasteiger partial charge < -0.3 is 19.3 Å². The van der Waals surface area contributed by atoms with Crippen molar-refractivity contribution in [2.75, 3.05) is 34.3 Å². The van der Waals surface area contributed by atoms with Crippen LogP contribution >= 0.6 is 0 Å². The van der Waals surface area contributed by atoms with Crippen LogP contribution in [-0.2, 0) is 25.8 Å². The normalized spacial score (nSPS) is 16.9. The summed E-state index contributed by atoms with van der Waals surface area (Å²) in [5, 5.41) is 0. The summed E-state index contributed by atoms with van der Waals surface area (Å²) >= 11 is 0. The summed E-state index contributed by atoms with van der Waals surface area (Å²) in [6, 6.07) is 29.2. The molecule has 6 rings (SSSR count). The molecule has 8 nitrogen and oxygen atoms in total. The van der Waals surface area contributed by atoms with Gasteiger partial charge >= 0.3 is 0 Å². The van der Waals surface area contributed by atoms with Crippen molar-refractivity contribution in [1.29, 1.82) is 0 Å². The van der Waals surface area contributed by atoms with E-state index in [-0.39, 0.29) is 34.3 Å². The summed E-state index contributed by atoms with van der Waals surface area (Å²) in [6.07, 6.45) is 2.27. The SMILES string of the molecule is COc1ccc(-c2cccc(C(=O)N(C)C)c2)cc1S(=O)(=O)Cc1cccc(O[C@H]2CCN(C(=O)C3(c4ccccc4)CC3)C2)c1. The molecule has 1 saturated heterocycles. The van der Waals surface area contributed by atoms with E-state index >= 15 is 0 Å². The van der Waals surface area contributed by atoms with Gasteiger partial charge in [-0.05, 0) is 71.5 Å². The third-order valence-electron chi connectivity index (χ3n) is 8.82. The fraction of sp³-hybridized carbons (Fsp3) is 0.297. The van der Waals surface area contributed by atoms with Crippen LogP contribution in [0.15, 0.2) is 102 Å². The Hall–Kier alpha value is -4.63. The number of sulfone groups is 1. The molecule has 0 bridgehead atoms. The Morgan fingerprint density at radius 1 is 0.891 bits per heavy atom. The number of rotatable bonds is 10. The second-order valence-corrected chi connectivity index (χ2v) is 14.2. The van der Waals surface area contributed by atoms with Gasteiger partial charge in [-0.15, -0.1) is 0 Å². The molecule has 0 radical (unpaired) electrons. The molecule has 2 aliphatic rings. The number of hydrogen-bond acceptors (Lipinski definition) is 6. The lowest BCUT2D eigenvalue weighted by Crippen LogP contribution is -2.38. The first-order chi connectivity index (χ1) is 22.1. The molecule has 2 fully saturated rings. The predicted molar refractivity (Wildman–Crippen MR) is 177 cm³/mol. The van der Waals surface area contributed by atoms with Gasteiger partial charge in [0.25, 0.3) is 5.91 Å². The largest absolute Gasteiger partial charge is 0.495 e. The minimum absolute atomic E-state index is 0.0699. The maximum absolute atomic E-state index is 13.8. The zero-order valence-corrected chi connectivity index (χ0v) is 27.1. The van der Waals surface area contributed by atoms with Crippen molar-refractivity contribution in [3.63, 3.8) is 0 Å². The molecule has 0 spiro atoms. The average Bonchev–Trinajstić information content (AvgIpc) is 3.76. The molecule has 46 heavy (non-hydrogen) atoms. The van der Waals surface area contributed by atoms with Gasteiger partial charge in [-0.1, -0.05) is 60.7 Å². The minimum atomic E-state index is -3.83. The zero-order valence-electron chi connectivity index (χ0n) is 26.3. The number of carbonyl (C=O) groups excluding carboxylic acids is 2. The van der Waals surface area contributed by atoms with E-state index in [9.17, 15) is 18.0 Å². The Labute approximate surface area is 270 Å². The van der Waals surface area contributed by atoms with Gasteiger partial charge in [-0.2, -0.15) is 0 Å². The number of benzene rings is 4. The number of likely N-dealkylation sites (tertiary alicyclic amines) is 1. The number of ether oxygens (including phenoxy) is 2. The smallest absolute Gasteiger partial charge is 0.253 e. The van der Waals surface area contributed by atoms with E-state index in [2.05, 4.69) is 0 Å². The lowest BCUT2D eigenvalue weighted by atomic mass is 9.94. The van der Waals surface area contributed by atoms with E-state index < -0.39 is 15.3 Å². The highest BCUT2D eigenvalue weighted by Crippen LogP contribution is 2.50. The van der Waals surface area contributed by atoms with Crippen molar-refractivity contribution >= 4 is 21.7 Å². The van der Waals surface area contributed by atoms with Crippen molar-refractivity contribution in [3.8, 4) is 22.6 Å². The summed E-state index contributed by atoms with van der Waals surface area (Å²) in [6.45, 7) is 1.13. The van der Waals surface area contributed by atoms with Gasteiger partial charge in [0.05, 0.1) is 24.8 Å². The lowest BCUT2D eigenvalue weighted by Gasteiger charge is -2.23. The van der Waals surface area contributed by atoms with Crippen LogP contribution in [0.3, 0.4) is 0 Å². The highest BCUT2D eigenvalue weighted by Gasteiger charge is 2.53. The number of carbonyl (C=O) groups is 2. The zero-order chi connectivity index (χ0) is 32.5. The first-order valence-corrected chi connectivity index (χ1v) is 17.1. The van der Waals surface area contributed by atoms with Gasteiger partial charge in [0, 0.05) is 32.6 Å². The number of hydrogen-bond donors (Lipinski definition) is 0. The van der Waals surface area contributed by atoms with E-state index in [4.69, 9.17) is 9.47 Å². The van der Waals surface area contributed by atoms with E-state index in [0.29, 0.717) is 42.0 Å². The van der Waals surface area contributed by atoms with E-state index in [0.717, 1.165) is 24.0 Å². The molecule has 0 unspecified atom stereocenters. The lowest BCUT2D eigenvalue weighted by molar-refractivity contribution is -0.133. The summed E-state index contributed by atoms with van der Waals surface area (Å²) in [5.41, 5.74) is 3.14. The fourth-order valence-electron chi connectivity index (χ4n) is 6.21. The van der Waals surface area contributed by atoms with Gasteiger partial charge in [0.15, 0.2) is 9.84 Å². The summed E-state index contributed by atoms with van der Waals surface area (Å²) in [5.74, 6) is 0.589. The second-order valence-electron chi connectivity index (χ2n) is 12.3. The molecular formula is C37H38N2O6S. The Morgan fingerprint density at radius 3 is 2.35 bits per heavy atom. The molecule has 2 amide bonds. The quantitative estimate of drug-likeness (QED) is 0.220. The van der Waals surface area contributed by atoms with Crippen LogP contribution in [0.2, 0.25) is 0 Å². The molecule has 1 atom stereocenters. The van der Waals surface area contributed by atoms with Gasteiger partial charge in [-0.25, -0.2) is 8.42 Å². The third-order valence-corrected chi connectivity index (χ3v) is 10.5.